The molecule has 4 heteroatoms. The minimum Gasteiger partial charge on any atom is -0.338 e. The van der Waals surface area contributed by atoms with E-state index in [1.54, 1.807) is 0 Å². The van der Waals surface area contributed by atoms with Crippen LogP contribution in [0.4, 0.5) is 0 Å². The molecule has 2 aromatic rings. The van der Waals surface area contributed by atoms with Crippen LogP contribution in [0.5, 0.6) is 0 Å². The van der Waals surface area contributed by atoms with Gasteiger partial charge in [-0.05, 0) is 39.3 Å². The van der Waals surface area contributed by atoms with Gasteiger partial charge in [0.2, 0.25) is 0 Å². The Morgan fingerprint density at radius 3 is 2.56 bits per heavy atom. The van der Waals surface area contributed by atoms with E-state index in [-0.39, 0.29) is 5.91 Å². The number of carbonyl (C=O) groups is 1. The summed E-state index contributed by atoms with van der Waals surface area (Å²) < 4.78 is 1.89. The molecule has 2 heterocycles. The molecule has 0 saturated carbocycles. The van der Waals surface area contributed by atoms with Crippen LogP contribution in [0.2, 0.25) is 0 Å². The van der Waals surface area contributed by atoms with E-state index in [0.717, 1.165) is 16.9 Å². The van der Waals surface area contributed by atoms with E-state index in [9.17, 15) is 4.79 Å². The molecule has 0 aromatic carbocycles. The van der Waals surface area contributed by atoms with Gasteiger partial charge >= 0.3 is 0 Å². The largest absolute Gasteiger partial charge is 0.338 e. The molecule has 0 aliphatic carbocycles. The van der Waals surface area contributed by atoms with Gasteiger partial charge in [0, 0.05) is 19.3 Å². The second kappa shape index (κ2) is 4.80. The lowest BCUT2D eigenvalue weighted by atomic mass is 10.3. The summed E-state index contributed by atoms with van der Waals surface area (Å²) in [6.07, 6.45) is 1.96. The molecule has 0 radical (unpaired) electrons. The molecule has 1 amide bonds. The van der Waals surface area contributed by atoms with Crippen molar-refractivity contribution in [3.8, 4) is 0 Å². The Bertz CT molecular complexity index is 582. The Balaban J connectivity index is 2.59. The van der Waals surface area contributed by atoms with E-state index in [4.69, 9.17) is 0 Å². The highest BCUT2D eigenvalue weighted by atomic mass is 16.2. The van der Waals surface area contributed by atoms with Gasteiger partial charge in [0.25, 0.3) is 5.91 Å². The van der Waals surface area contributed by atoms with Crippen LogP contribution >= 0.6 is 0 Å². The van der Waals surface area contributed by atoms with Crippen molar-refractivity contribution in [2.24, 2.45) is 0 Å². The van der Waals surface area contributed by atoms with Gasteiger partial charge in [-0.25, -0.2) is 4.98 Å². The van der Waals surface area contributed by atoms with Crippen molar-refractivity contribution in [2.45, 2.75) is 27.7 Å². The predicted octanol–water partition coefficient (Wildman–Crippen LogP) is 2.43. The van der Waals surface area contributed by atoms with Gasteiger partial charge in [-0.2, -0.15) is 0 Å². The van der Waals surface area contributed by atoms with Gasteiger partial charge < -0.3 is 4.90 Å². The first-order valence-electron chi connectivity index (χ1n) is 6.33. The average Bonchev–Trinajstić information content (AvgIpc) is 2.65. The van der Waals surface area contributed by atoms with Gasteiger partial charge in [0.05, 0.1) is 5.69 Å². The standard InChI is InChI=1S/C14H19N3O/c1-5-16(6-2)14(18)13-11(4)15-12-8-7-10(3)9-17(12)13/h7-9H,5-6H2,1-4H3. The Kier molecular flexibility index (Phi) is 3.36. The number of nitrogens with zero attached hydrogens (tertiary/aromatic N) is 3. The van der Waals surface area contributed by atoms with Gasteiger partial charge in [-0.3, -0.25) is 9.20 Å². The molecule has 0 fully saturated rings. The molecule has 2 aromatic heterocycles. The van der Waals surface area contributed by atoms with E-state index in [2.05, 4.69) is 4.98 Å². The summed E-state index contributed by atoms with van der Waals surface area (Å²) in [6.45, 7) is 9.32. The number of fused-ring (bicyclic) bond motifs is 1. The second-order valence-corrected chi connectivity index (χ2v) is 4.46. The monoisotopic (exact) mass is 245 g/mol. The normalized spacial score (nSPS) is 10.9. The highest BCUT2D eigenvalue weighted by molar-refractivity contribution is 5.94. The maximum absolute atomic E-state index is 12.5. The lowest BCUT2D eigenvalue weighted by Gasteiger charge is -2.18. The van der Waals surface area contributed by atoms with Crippen LogP contribution in [0.25, 0.3) is 5.65 Å². The highest BCUT2D eigenvalue weighted by Crippen LogP contribution is 2.15. The molecule has 0 saturated heterocycles. The van der Waals surface area contributed by atoms with Crippen LogP contribution in [-0.2, 0) is 0 Å². The van der Waals surface area contributed by atoms with Gasteiger partial charge in [-0.1, -0.05) is 6.07 Å². The summed E-state index contributed by atoms with van der Waals surface area (Å²) >= 11 is 0. The lowest BCUT2D eigenvalue weighted by molar-refractivity contribution is 0.0765. The van der Waals surface area contributed by atoms with Crippen molar-refractivity contribution in [3.05, 3.63) is 35.3 Å². The summed E-state index contributed by atoms with van der Waals surface area (Å²) in [5.41, 5.74) is 3.41. The molecule has 0 bridgehead atoms. The number of aromatic nitrogens is 2. The van der Waals surface area contributed by atoms with E-state index >= 15 is 0 Å². The van der Waals surface area contributed by atoms with Crippen molar-refractivity contribution in [1.82, 2.24) is 14.3 Å². The van der Waals surface area contributed by atoms with Crippen LogP contribution < -0.4 is 0 Å². The highest BCUT2D eigenvalue weighted by Gasteiger charge is 2.20. The minimum absolute atomic E-state index is 0.0515. The molecule has 0 spiro atoms. The number of hydrogen-bond donors (Lipinski definition) is 0. The van der Waals surface area contributed by atoms with E-state index in [0.29, 0.717) is 18.8 Å². The van der Waals surface area contributed by atoms with Crippen LogP contribution in [0.1, 0.15) is 35.6 Å². The third kappa shape index (κ3) is 1.98. The molecule has 0 aliphatic rings. The molecule has 2 rings (SSSR count). The second-order valence-electron chi connectivity index (χ2n) is 4.46. The molecule has 0 unspecified atom stereocenters. The van der Waals surface area contributed by atoms with E-state index in [1.165, 1.54) is 0 Å². The van der Waals surface area contributed by atoms with Crippen molar-refractivity contribution in [1.29, 1.82) is 0 Å². The third-order valence-corrected chi connectivity index (χ3v) is 3.19. The molecule has 96 valence electrons. The zero-order valence-corrected chi connectivity index (χ0v) is 11.4. The van der Waals surface area contributed by atoms with Crippen molar-refractivity contribution >= 4 is 11.6 Å². The first-order chi connectivity index (χ1) is 8.58. The number of amides is 1. The van der Waals surface area contributed by atoms with Gasteiger partial charge in [0.15, 0.2) is 0 Å². The zero-order chi connectivity index (χ0) is 13.3. The Labute approximate surface area is 107 Å². The Morgan fingerprint density at radius 1 is 1.28 bits per heavy atom. The Hall–Kier alpha value is -1.84. The maximum atomic E-state index is 12.5. The first kappa shape index (κ1) is 12.6. The fourth-order valence-corrected chi connectivity index (χ4v) is 2.19. The smallest absolute Gasteiger partial charge is 0.272 e. The van der Waals surface area contributed by atoms with Crippen LogP contribution in [0, 0.1) is 13.8 Å². The first-order valence-corrected chi connectivity index (χ1v) is 6.33. The topological polar surface area (TPSA) is 37.6 Å². The number of aryl methyl sites for hydroxylation is 2. The number of imidazole rings is 1. The summed E-state index contributed by atoms with van der Waals surface area (Å²) in [5.74, 6) is 0.0515. The van der Waals surface area contributed by atoms with Crippen molar-refractivity contribution < 1.29 is 4.79 Å². The van der Waals surface area contributed by atoms with E-state index in [1.807, 2.05) is 55.3 Å². The molecule has 18 heavy (non-hydrogen) atoms. The molecule has 0 atom stereocenters. The minimum atomic E-state index is 0.0515. The molecule has 0 N–H and O–H groups in total. The molecule has 4 nitrogen and oxygen atoms in total. The van der Waals surface area contributed by atoms with Crippen LogP contribution in [-0.4, -0.2) is 33.3 Å². The van der Waals surface area contributed by atoms with Crippen LogP contribution in [0.15, 0.2) is 18.3 Å². The molecular weight excluding hydrogens is 226 g/mol. The van der Waals surface area contributed by atoms with Crippen molar-refractivity contribution in [3.63, 3.8) is 0 Å². The fraction of sp³-hybridized carbons (Fsp3) is 0.429. The van der Waals surface area contributed by atoms with Gasteiger partial charge in [-0.15, -0.1) is 0 Å². The summed E-state index contributed by atoms with van der Waals surface area (Å²) in [6, 6.07) is 3.95. The molecule has 0 aliphatic heterocycles. The van der Waals surface area contributed by atoms with E-state index < -0.39 is 0 Å². The quantitative estimate of drug-likeness (QED) is 0.833. The third-order valence-electron chi connectivity index (χ3n) is 3.19. The van der Waals surface area contributed by atoms with Crippen LogP contribution in [0.3, 0.4) is 0 Å². The summed E-state index contributed by atoms with van der Waals surface area (Å²) in [7, 11) is 0. The number of rotatable bonds is 3. The number of hydrogen-bond acceptors (Lipinski definition) is 2. The number of carbonyl (C=O) groups excluding carboxylic acids is 1. The van der Waals surface area contributed by atoms with Crippen molar-refractivity contribution in [2.75, 3.05) is 13.1 Å². The summed E-state index contributed by atoms with van der Waals surface area (Å²) in [5, 5.41) is 0. The SMILES string of the molecule is CCN(CC)C(=O)c1c(C)nc2ccc(C)cn12. The predicted molar refractivity (Wildman–Crippen MR) is 71.9 cm³/mol. The fourth-order valence-electron chi connectivity index (χ4n) is 2.19. The lowest BCUT2D eigenvalue weighted by Crippen LogP contribution is -2.31. The average molecular weight is 245 g/mol. The summed E-state index contributed by atoms with van der Waals surface area (Å²) in [4.78, 5) is 18.7. The maximum Gasteiger partial charge on any atom is 0.272 e. The van der Waals surface area contributed by atoms with Gasteiger partial charge in [0.1, 0.15) is 11.3 Å². The number of pyridine rings is 1. The Morgan fingerprint density at radius 2 is 1.94 bits per heavy atom. The zero-order valence-electron chi connectivity index (χ0n) is 11.4. The molecular formula is C14H19N3O.